The molecule has 1 fully saturated rings. The van der Waals surface area contributed by atoms with Crippen molar-refractivity contribution in [2.45, 2.75) is 31.2 Å². The second-order valence-electron chi connectivity index (χ2n) is 6.69. The molecule has 0 bridgehead atoms. The maximum atomic E-state index is 13.3. The number of carbonyl (C=O) groups is 2. The zero-order valence-electron chi connectivity index (χ0n) is 14.8. The van der Waals surface area contributed by atoms with E-state index in [9.17, 15) is 13.8 Å². The number of rotatable bonds is 7. The van der Waals surface area contributed by atoms with Crippen LogP contribution in [0.1, 0.15) is 30.4 Å². The highest BCUT2D eigenvalue weighted by atomic mass is 35.7. The number of cyclic esters (lactones) is 1. The summed E-state index contributed by atoms with van der Waals surface area (Å²) < 4.78 is 18.1. The van der Waals surface area contributed by atoms with Crippen molar-refractivity contribution >= 4 is 32.8 Å². The van der Waals surface area contributed by atoms with Gasteiger partial charge in [0.25, 0.3) is 0 Å². The zero-order chi connectivity index (χ0) is 19.4. The summed E-state index contributed by atoms with van der Waals surface area (Å²) in [5.41, 5.74) is 0.474. The summed E-state index contributed by atoms with van der Waals surface area (Å²) in [6.45, 7) is 1.78. The van der Waals surface area contributed by atoms with Gasteiger partial charge < -0.3 is 4.74 Å². The number of halogens is 1. The fraction of sp³-hybridized carbons (Fsp3) is 0.300. The Morgan fingerprint density at radius 3 is 2.37 bits per heavy atom. The van der Waals surface area contributed by atoms with Gasteiger partial charge in [-0.15, -0.1) is 0 Å². The second kappa shape index (κ2) is 8.23. The number of benzene rings is 2. The van der Waals surface area contributed by atoms with Crippen LogP contribution in [0.5, 0.6) is 0 Å². The van der Waals surface area contributed by atoms with Crippen molar-refractivity contribution in [1.29, 1.82) is 0 Å². The molecule has 142 valence electrons. The number of carbonyl (C=O) groups excluding carboxylic acids is 2. The van der Waals surface area contributed by atoms with Gasteiger partial charge in [-0.1, -0.05) is 67.6 Å². The maximum Gasteiger partial charge on any atom is 0.423 e. The SMILES string of the molecule is CC(CC(=O)[C@]1(Cc2ccccc2)COC(=O)N1S(=O)Cl)c1ccccc1. The number of Topliss-reactive ketones (excluding diaryl/α,β-unsaturated/α-hetero) is 1. The molecule has 0 aliphatic carbocycles. The summed E-state index contributed by atoms with van der Waals surface area (Å²) in [5, 5.41) is 0. The zero-order valence-corrected chi connectivity index (χ0v) is 16.4. The normalized spacial score (nSPS) is 21.6. The average molecular weight is 406 g/mol. The predicted molar refractivity (Wildman–Crippen MR) is 105 cm³/mol. The lowest BCUT2D eigenvalue weighted by molar-refractivity contribution is -0.127. The summed E-state index contributed by atoms with van der Waals surface area (Å²) in [5.74, 6) is -0.282. The summed E-state index contributed by atoms with van der Waals surface area (Å²) in [6, 6.07) is 18.9. The number of amides is 1. The van der Waals surface area contributed by atoms with Crippen LogP contribution in [0, 0.1) is 0 Å². The second-order valence-corrected chi connectivity index (χ2v) is 8.26. The van der Waals surface area contributed by atoms with Crippen molar-refractivity contribution in [2.75, 3.05) is 6.61 Å². The van der Waals surface area contributed by atoms with Gasteiger partial charge in [-0.25, -0.2) is 9.00 Å². The molecule has 1 heterocycles. The van der Waals surface area contributed by atoms with Gasteiger partial charge in [0.15, 0.2) is 11.3 Å². The Balaban J connectivity index is 1.93. The smallest absolute Gasteiger partial charge is 0.423 e. The Kier molecular flexibility index (Phi) is 5.97. The van der Waals surface area contributed by atoms with Gasteiger partial charge in [0.1, 0.15) is 6.61 Å². The highest BCUT2D eigenvalue weighted by molar-refractivity contribution is 8.06. The minimum Gasteiger partial charge on any atom is -0.446 e. The molecule has 27 heavy (non-hydrogen) atoms. The summed E-state index contributed by atoms with van der Waals surface area (Å²) in [6.07, 6.45) is -0.462. The van der Waals surface area contributed by atoms with Gasteiger partial charge in [0.05, 0.1) is 0 Å². The molecular weight excluding hydrogens is 386 g/mol. The van der Waals surface area contributed by atoms with E-state index >= 15 is 0 Å². The molecule has 7 heteroatoms. The first-order valence-electron chi connectivity index (χ1n) is 8.61. The predicted octanol–water partition coefficient (Wildman–Crippen LogP) is 4.00. The van der Waals surface area contributed by atoms with Crippen LogP contribution in [-0.2, 0) is 26.2 Å². The van der Waals surface area contributed by atoms with E-state index in [2.05, 4.69) is 0 Å². The first-order chi connectivity index (χ1) is 12.9. The lowest BCUT2D eigenvalue weighted by Gasteiger charge is -2.32. The largest absolute Gasteiger partial charge is 0.446 e. The van der Waals surface area contributed by atoms with Crippen LogP contribution in [0.25, 0.3) is 0 Å². The van der Waals surface area contributed by atoms with E-state index in [1.807, 2.05) is 67.6 Å². The number of ketones is 1. The molecule has 1 aliphatic heterocycles. The van der Waals surface area contributed by atoms with Crippen LogP contribution < -0.4 is 0 Å². The van der Waals surface area contributed by atoms with Crippen molar-refractivity contribution in [1.82, 2.24) is 4.31 Å². The summed E-state index contributed by atoms with van der Waals surface area (Å²) >= 11 is 0. The highest BCUT2D eigenvalue weighted by Crippen LogP contribution is 2.35. The van der Waals surface area contributed by atoms with Crippen LogP contribution in [0.2, 0.25) is 0 Å². The highest BCUT2D eigenvalue weighted by Gasteiger charge is 2.55. The fourth-order valence-corrected chi connectivity index (χ4v) is 4.61. The van der Waals surface area contributed by atoms with Crippen molar-refractivity contribution in [3.63, 3.8) is 0 Å². The van der Waals surface area contributed by atoms with Crippen LogP contribution in [0.3, 0.4) is 0 Å². The van der Waals surface area contributed by atoms with E-state index < -0.39 is 21.8 Å². The molecule has 2 unspecified atom stereocenters. The van der Waals surface area contributed by atoms with Crippen molar-refractivity contribution in [2.24, 2.45) is 0 Å². The lowest BCUT2D eigenvalue weighted by Crippen LogP contribution is -2.55. The van der Waals surface area contributed by atoms with E-state index in [1.165, 1.54) is 0 Å². The molecule has 2 aromatic carbocycles. The molecule has 0 aromatic heterocycles. The van der Waals surface area contributed by atoms with Crippen molar-refractivity contribution < 1.29 is 18.5 Å². The average Bonchev–Trinajstić information content (AvgIpc) is 3.00. The van der Waals surface area contributed by atoms with Crippen LogP contribution in [0.4, 0.5) is 4.79 Å². The minimum absolute atomic E-state index is 0.0624. The molecule has 0 N–H and O–H groups in total. The Labute approximate surface area is 165 Å². The van der Waals surface area contributed by atoms with E-state index in [-0.39, 0.29) is 31.1 Å². The van der Waals surface area contributed by atoms with Gasteiger partial charge >= 0.3 is 6.09 Å². The van der Waals surface area contributed by atoms with Gasteiger partial charge in [-0.2, -0.15) is 4.31 Å². The molecule has 5 nitrogen and oxygen atoms in total. The summed E-state index contributed by atoms with van der Waals surface area (Å²) in [7, 11) is 3.59. The van der Waals surface area contributed by atoms with E-state index in [4.69, 9.17) is 15.4 Å². The number of hydrogen-bond donors (Lipinski definition) is 0. The van der Waals surface area contributed by atoms with Crippen LogP contribution >= 0.6 is 10.7 Å². The molecule has 1 aliphatic rings. The lowest BCUT2D eigenvalue weighted by atomic mass is 9.82. The maximum absolute atomic E-state index is 13.3. The molecule has 2 aromatic rings. The quantitative estimate of drug-likeness (QED) is 0.653. The molecule has 0 radical (unpaired) electrons. The van der Waals surface area contributed by atoms with E-state index in [1.54, 1.807) is 0 Å². The first-order valence-corrected chi connectivity index (χ1v) is 10.5. The van der Waals surface area contributed by atoms with Gasteiger partial charge in [0, 0.05) is 23.5 Å². The van der Waals surface area contributed by atoms with Crippen molar-refractivity contribution in [3.05, 3.63) is 71.8 Å². The molecular formula is C20H20ClNO4S. The Morgan fingerprint density at radius 1 is 1.19 bits per heavy atom. The Hall–Kier alpha value is -2.18. The van der Waals surface area contributed by atoms with Crippen LogP contribution in [0.15, 0.2) is 60.7 Å². The fourth-order valence-electron chi connectivity index (χ4n) is 3.39. The van der Waals surface area contributed by atoms with Gasteiger partial charge in [-0.3, -0.25) is 4.79 Å². The standard InChI is InChI=1S/C20H20ClNO4S/c1-15(17-10-6-3-7-11-17)12-18(23)20(13-16-8-4-2-5-9-16)14-26-19(24)22(20)27(21)25/h2-11,15H,12-14H2,1H3/t15?,20-,27?/m0/s1. The Bertz CT molecular complexity index is 846. The molecule has 3 rings (SSSR count). The number of hydrogen-bond acceptors (Lipinski definition) is 4. The monoisotopic (exact) mass is 405 g/mol. The third-order valence-electron chi connectivity index (χ3n) is 4.85. The number of nitrogens with zero attached hydrogens (tertiary/aromatic N) is 1. The first kappa shape index (κ1) is 19.6. The van der Waals surface area contributed by atoms with Gasteiger partial charge in [0.2, 0.25) is 10.2 Å². The van der Waals surface area contributed by atoms with Crippen LogP contribution in [-0.4, -0.2) is 32.5 Å². The molecule has 1 saturated heterocycles. The summed E-state index contributed by atoms with van der Waals surface area (Å²) in [4.78, 5) is 25.5. The topological polar surface area (TPSA) is 63.7 Å². The van der Waals surface area contributed by atoms with E-state index in [0.29, 0.717) is 0 Å². The Morgan fingerprint density at radius 2 is 1.78 bits per heavy atom. The minimum atomic E-state index is -2.18. The van der Waals surface area contributed by atoms with Gasteiger partial charge in [-0.05, 0) is 17.0 Å². The molecule has 0 spiro atoms. The number of ether oxygens (including phenoxy) is 1. The van der Waals surface area contributed by atoms with Crippen molar-refractivity contribution in [3.8, 4) is 0 Å². The van der Waals surface area contributed by atoms with E-state index in [0.717, 1.165) is 15.4 Å². The molecule has 3 atom stereocenters. The third-order valence-corrected chi connectivity index (χ3v) is 6.05. The molecule has 1 amide bonds. The molecule has 0 saturated carbocycles. The third kappa shape index (κ3) is 4.06.